The number of carbonyl (C=O) groups is 1. The van der Waals surface area contributed by atoms with Crippen molar-refractivity contribution in [1.29, 1.82) is 0 Å². The van der Waals surface area contributed by atoms with Crippen LogP contribution in [0.4, 0.5) is 16.2 Å². The molecule has 2 aliphatic carbocycles. The summed E-state index contributed by atoms with van der Waals surface area (Å²) in [5.41, 5.74) is 4.00. The number of aromatic nitrogens is 1. The van der Waals surface area contributed by atoms with E-state index in [0.29, 0.717) is 54.9 Å². The normalized spacial score (nSPS) is 21.5. The molecule has 0 radical (unpaired) electrons. The van der Waals surface area contributed by atoms with Crippen molar-refractivity contribution >= 4 is 23.2 Å². The van der Waals surface area contributed by atoms with Gasteiger partial charge in [-0.3, -0.25) is 30.1 Å². The molecule has 6 atom stereocenters. The lowest BCUT2D eigenvalue weighted by Crippen LogP contribution is -2.70. The number of allylic oxidation sites excluding steroid dienone is 1. The Kier molecular flexibility index (Phi) is 18.2. The van der Waals surface area contributed by atoms with Crippen LogP contribution in [0, 0.1) is 44.9 Å². The van der Waals surface area contributed by atoms with Crippen LogP contribution in [0.3, 0.4) is 0 Å². The number of pyridine rings is 1. The molecule has 0 spiro atoms. The minimum Gasteiger partial charge on any atom is -0.487 e. The molecular weight excluding hydrogens is 919 g/mol. The number of fused-ring (bicyclic) bond motifs is 2. The van der Waals surface area contributed by atoms with E-state index >= 15 is 0 Å². The minimum atomic E-state index is -1.68. The van der Waals surface area contributed by atoms with Gasteiger partial charge < -0.3 is 43.8 Å². The van der Waals surface area contributed by atoms with Crippen molar-refractivity contribution in [3.63, 3.8) is 0 Å². The number of aliphatic hydroxyl groups is 3. The molecule has 6 unspecified atom stereocenters. The quantitative estimate of drug-likeness (QED) is 0.0233. The maximum atomic E-state index is 14.9. The predicted molar refractivity (Wildman–Crippen MR) is 260 cm³/mol. The number of non-ortho nitro benzene ring substituents is 2. The minimum absolute atomic E-state index is 0.00329. The monoisotopic (exact) mass is 979 g/mol. The summed E-state index contributed by atoms with van der Waals surface area (Å²) in [6, 6.07) is 21.4. The van der Waals surface area contributed by atoms with Crippen molar-refractivity contribution < 1.29 is 58.5 Å². The fraction of sp³-hybridized carbons (Fsp3) is 0.442. The van der Waals surface area contributed by atoms with Gasteiger partial charge in [0, 0.05) is 67.6 Å². The lowest BCUT2D eigenvalue weighted by Gasteiger charge is -2.59. The molecule has 19 nitrogen and oxygen atoms in total. The number of rotatable bonds is 26. The first-order valence-electron chi connectivity index (χ1n) is 23.9. The van der Waals surface area contributed by atoms with Gasteiger partial charge >= 0.3 is 6.09 Å². The van der Waals surface area contributed by atoms with Gasteiger partial charge in [0.25, 0.3) is 11.4 Å². The number of hydrogen-bond acceptors (Lipinski definition) is 16. The summed E-state index contributed by atoms with van der Waals surface area (Å²) in [6.45, 7) is 5.63. The summed E-state index contributed by atoms with van der Waals surface area (Å²) in [7, 11) is 0. The second-order valence-corrected chi connectivity index (χ2v) is 17.7. The van der Waals surface area contributed by atoms with E-state index in [1.54, 1.807) is 18.2 Å². The highest BCUT2D eigenvalue weighted by Gasteiger charge is 2.65. The van der Waals surface area contributed by atoms with Crippen molar-refractivity contribution in [3.05, 3.63) is 152 Å². The van der Waals surface area contributed by atoms with E-state index in [2.05, 4.69) is 17.6 Å². The Hall–Kier alpha value is -6.77. The number of aliphatic hydroxyl groups excluding tert-OH is 3. The molecule has 0 bridgehead atoms. The molecule has 3 aliphatic rings. The lowest BCUT2D eigenvalue weighted by atomic mass is 9.55. The molecular formula is C52H61N5O14. The maximum Gasteiger partial charge on any atom is 0.415 e. The SMILES string of the molecule is C=CCOC12Oc3ccc(OCc4cccc(C)n4)cc3C3C(CCCCO)C(CCCCO)C=C(C(=NOCc4ccc([N+](=O)[O-])cc4)CC1N(CCOCCO)C(=O)Oc1ccc([N+](=O)[O-])cc1)C32. The molecule has 378 valence electrons. The van der Waals surface area contributed by atoms with Crippen molar-refractivity contribution in [2.45, 2.75) is 82.8 Å². The van der Waals surface area contributed by atoms with Crippen LogP contribution < -0.4 is 14.2 Å². The predicted octanol–water partition coefficient (Wildman–Crippen LogP) is 8.13. The van der Waals surface area contributed by atoms with Crippen LogP contribution in [0.1, 0.15) is 73.4 Å². The van der Waals surface area contributed by atoms with E-state index in [0.717, 1.165) is 28.9 Å². The Labute approximate surface area is 411 Å². The summed E-state index contributed by atoms with van der Waals surface area (Å²) in [5.74, 6) is -1.88. The molecule has 19 heteroatoms. The molecule has 1 saturated carbocycles. The Balaban J connectivity index is 1.41. The van der Waals surface area contributed by atoms with E-state index in [9.17, 15) is 40.3 Å². The first-order valence-corrected chi connectivity index (χ1v) is 23.9. The Bertz CT molecular complexity index is 2520. The molecule has 3 aromatic carbocycles. The number of ether oxygens (including phenoxy) is 5. The summed E-state index contributed by atoms with van der Waals surface area (Å²) in [5, 5.41) is 57.4. The van der Waals surface area contributed by atoms with Crippen LogP contribution >= 0.6 is 0 Å². The van der Waals surface area contributed by atoms with Crippen LogP contribution in [0.2, 0.25) is 0 Å². The number of unbranched alkanes of at least 4 members (excludes halogenated alkanes) is 2. The van der Waals surface area contributed by atoms with Crippen molar-refractivity contribution in [2.24, 2.45) is 22.9 Å². The second kappa shape index (κ2) is 24.9. The molecule has 0 saturated heterocycles. The number of hydrogen-bond donors (Lipinski definition) is 3. The van der Waals surface area contributed by atoms with E-state index in [1.165, 1.54) is 41.3 Å². The zero-order valence-corrected chi connectivity index (χ0v) is 39.7. The van der Waals surface area contributed by atoms with Gasteiger partial charge in [-0.25, -0.2) is 4.79 Å². The molecule has 1 amide bonds. The number of benzene rings is 3. The maximum absolute atomic E-state index is 14.9. The van der Waals surface area contributed by atoms with Crippen LogP contribution in [0.5, 0.6) is 17.2 Å². The fourth-order valence-corrected chi connectivity index (χ4v) is 9.97. The van der Waals surface area contributed by atoms with Crippen molar-refractivity contribution in [1.82, 2.24) is 9.88 Å². The fourth-order valence-electron chi connectivity index (χ4n) is 9.97. The second-order valence-electron chi connectivity index (χ2n) is 17.7. The molecule has 7 rings (SSSR count). The molecule has 1 aromatic heterocycles. The largest absolute Gasteiger partial charge is 0.487 e. The number of nitrogens with zero attached hydrogens (tertiary/aromatic N) is 5. The number of amides is 1. The van der Waals surface area contributed by atoms with Gasteiger partial charge in [0.2, 0.25) is 5.79 Å². The highest BCUT2D eigenvalue weighted by molar-refractivity contribution is 6.03. The number of nitro benzene ring substituents is 2. The van der Waals surface area contributed by atoms with Gasteiger partial charge in [-0.1, -0.05) is 36.2 Å². The van der Waals surface area contributed by atoms with E-state index in [4.69, 9.17) is 33.7 Å². The molecule has 1 fully saturated rings. The lowest BCUT2D eigenvalue weighted by molar-refractivity contribution is -0.385. The Morgan fingerprint density at radius 1 is 0.901 bits per heavy atom. The number of nitro groups is 2. The van der Waals surface area contributed by atoms with Crippen LogP contribution in [0.25, 0.3) is 0 Å². The van der Waals surface area contributed by atoms with Gasteiger partial charge in [-0.05, 0) is 110 Å². The number of oxime groups is 1. The van der Waals surface area contributed by atoms with E-state index in [1.807, 2.05) is 43.3 Å². The number of carbonyl (C=O) groups excluding carboxylic acids is 1. The first kappa shape index (κ1) is 52.1. The average Bonchev–Trinajstić information content (AvgIpc) is 3.36. The third-order valence-electron chi connectivity index (χ3n) is 13.1. The average molecular weight is 980 g/mol. The van der Waals surface area contributed by atoms with E-state index < -0.39 is 39.6 Å². The molecule has 1 aliphatic heterocycles. The first-order chi connectivity index (χ1) is 34.5. The number of aryl methyl sites for hydroxylation is 1. The Morgan fingerprint density at radius 3 is 2.28 bits per heavy atom. The molecule has 4 aromatic rings. The zero-order valence-electron chi connectivity index (χ0n) is 39.7. The highest BCUT2D eigenvalue weighted by Crippen LogP contribution is 2.62. The smallest absolute Gasteiger partial charge is 0.415 e. The molecule has 71 heavy (non-hydrogen) atoms. The van der Waals surface area contributed by atoms with Gasteiger partial charge in [-0.15, -0.1) is 6.58 Å². The molecule has 2 heterocycles. The van der Waals surface area contributed by atoms with Crippen LogP contribution in [-0.4, -0.2) is 105 Å². The summed E-state index contributed by atoms with van der Waals surface area (Å²) >= 11 is 0. The van der Waals surface area contributed by atoms with Crippen molar-refractivity contribution in [3.8, 4) is 17.2 Å². The molecule has 3 N–H and O–H groups in total. The topological polar surface area (TPSA) is 248 Å². The van der Waals surface area contributed by atoms with Crippen molar-refractivity contribution in [2.75, 3.05) is 46.2 Å². The summed E-state index contributed by atoms with van der Waals surface area (Å²) in [6.07, 6.45) is 6.86. The van der Waals surface area contributed by atoms with Crippen LogP contribution in [0.15, 0.2) is 114 Å². The third-order valence-corrected chi connectivity index (χ3v) is 13.1. The zero-order chi connectivity index (χ0) is 50.3. The summed E-state index contributed by atoms with van der Waals surface area (Å²) in [4.78, 5) is 49.0. The third kappa shape index (κ3) is 12.6. The van der Waals surface area contributed by atoms with Gasteiger partial charge in [0.15, 0.2) is 0 Å². The highest BCUT2D eigenvalue weighted by atomic mass is 16.7. The standard InChI is InChI=1S/C52H61N5O14/c1-3-27-68-52-48(55(23-28-66-29-26-60)51(61)70-41-19-17-40(18-20-41)57(64)65)32-46(54-69-33-36-13-15-39(16-14-36)56(62)63)44-30-37(10-4-6-24-58)43(12-5-7-25-59)49(50(44)52)45-31-42(21-22-47(45)71-52)67-34-38-11-8-9-35(2)53-38/h3,8-9,11,13-22,30-31,37,43,48-50,58-60H,1,4-7,10,12,23-29,32-34H2,2H3. The van der Waals surface area contributed by atoms with Gasteiger partial charge in [0.1, 0.15) is 36.5 Å². The van der Waals surface area contributed by atoms with Gasteiger partial charge in [-0.2, -0.15) is 0 Å². The van der Waals surface area contributed by atoms with Crippen LogP contribution in [-0.2, 0) is 27.5 Å². The summed E-state index contributed by atoms with van der Waals surface area (Å²) < 4.78 is 32.5. The van der Waals surface area contributed by atoms with Gasteiger partial charge in [0.05, 0.1) is 53.6 Å². The Morgan fingerprint density at radius 2 is 1.61 bits per heavy atom. The van der Waals surface area contributed by atoms with E-state index in [-0.39, 0.29) is 94.8 Å².